The molecule has 0 spiro atoms. The number of nitrogens with two attached hydrogens (primary N) is 2. The molecule has 4 N–H and O–H groups in total. The SMILES string of the molecule is N#Cc1c(N)cc(N)cc1C(F)F. The third-order valence-corrected chi connectivity index (χ3v) is 1.57. The molecule has 0 saturated carbocycles. The van der Waals surface area contributed by atoms with Crippen molar-refractivity contribution >= 4 is 11.4 Å². The van der Waals surface area contributed by atoms with Crippen molar-refractivity contribution < 1.29 is 8.78 Å². The van der Waals surface area contributed by atoms with Crippen LogP contribution < -0.4 is 11.5 Å². The van der Waals surface area contributed by atoms with Crippen LogP contribution in [0.1, 0.15) is 17.6 Å². The number of alkyl halides is 2. The normalized spacial score (nSPS) is 10.0. The lowest BCUT2D eigenvalue weighted by atomic mass is 10.1. The van der Waals surface area contributed by atoms with E-state index in [0.717, 1.165) is 6.07 Å². The van der Waals surface area contributed by atoms with Crippen LogP contribution in [0.5, 0.6) is 0 Å². The number of rotatable bonds is 1. The van der Waals surface area contributed by atoms with Gasteiger partial charge in [-0.05, 0) is 12.1 Å². The van der Waals surface area contributed by atoms with Gasteiger partial charge in [0.1, 0.15) is 6.07 Å². The third kappa shape index (κ3) is 1.67. The Kier molecular flexibility index (Phi) is 2.33. The van der Waals surface area contributed by atoms with Gasteiger partial charge in [-0.3, -0.25) is 0 Å². The molecule has 0 unspecified atom stereocenters. The molecule has 0 radical (unpaired) electrons. The Bertz CT molecular complexity index is 368. The van der Waals surface area contributed by atoms with E-state index in [-0.39, 0.29) is 16.9 Å². The molecule has 1 aromatic rings. The molecule has 68 valence electrons. The second kappa shape index (κ2) is 3.27. The molecule has 0 aliphatic carbocycles. The molecule has 0 aromatic heterocycles. The fourth-order valence-electron chi connectivity index (χ4n) is 1.01. The lowest BCUT2D eigenvalue weighted by Crippen LogP contribution is -1.99. The van der Waals surface area contributed by atoms with Crippen LogP contribution in [0.4, 0.5) is 20.2 Å². The van der Waals surface area contributed by atoms with Crippen molar-refractivity contribution in [2.45, 2.75) is 6.43 Å². The number of anilines is 2. The molecule has 0 aliphatic rings. The zero-order valence-electron chi connectivity index (χ0n) is 6.59. The van der Waals surface area contributed by atoms with Gasteiger partial charge in [-0.15, -0.1) is 0 Å². The second-order valence-electron chi connectivity index (χ2n) is 2.49. The predicted octanol–water partition coefficient (Wildman–Crippen LogP) is 1.66. The van der Waals surface area contributed by atoms with E-state index in [2.05, 4.69) is 0 Å². The molecule has 0 amide bonds. The van der Waals surface area contributed by atoms with Crippen LogP contribution in [0.15, 0.2) is 12.1 Å². The molecule has 3 nitrogen and oxygen atoms in total. The van der Waals surface area contributed by atoms with E-state index in [9.17, 15) is 8.78 Å². The topological polar surface area (TPSA) is 75.8 Å². The number of hydrogen-bond donors (Lipinski definition) is 2. The summed E-state index contributed by atoms with van der Waals surface area (Å²) in [5, 5.41) is 8.53. The van der Waals surface area contributed by atoms with Gasteiger partial charge < -0.3 is 11.5 Å². The zero-order valence-corrected chi connectivity index (χ0v) is 6.59. The van der Waals surface area contributed by atoms with Crippen LogP contribution in [-0.4, -0.2) is 0 Å². The Morgan fingerprint density at radius 1 is 1.31 bits per heavy atom. The van der Waals surface area contributed by atoms with Gasteiger partial charge in [0.25, 0.3) is 6.43 Å². The van der Waals surface area contributed by atoms with Gasteiger partial charge in [0, 0.05) is 11.3 Å². The highest BCUT2D eigenvalue weighted by Crippen LogP contribution is 2.28. The van der Waals surface area contributed by atoms with Gasteiger partial charge in [-0.2, -0.15) is 5.26 Å². The number of nitrogens with zero attached hydrogens (tertiary/aromatic N) is 1. The Balaban J connectivity index is 3.41. The molecule has 1 aromatic carbocycles. The molecular formula is C8H7F2N3. The molecule has 5 heteroatoms. The molecule has 0 saturated heterocycles. The summed E-state index contributed by atoms with van der Waals surface area (Å²) in [6, 6.07) is 3.95. The Labute approximate surface area is 73.6 Å². The van der Waals surface area contributed by atoms with Crippen LogP contribution in [0.2, 0.25) is 0 Å². The van der Waals surface area contributed by atoms with Crippen LogP contribution in [0.25, 0.3) is 0 Å². The molecule has 0 heterocycles. The highest BCUT2D eigenvalue weighted by molar-refractivity contribution is 5.65. The van der Waals surface area contributed by atoms with Gasteiger partial charge in [0.2, 0.25) is 0 Å². The van der Waals surface area contributed by atoms with Crippen molar-refractivity contribution in [2.24, 2.45) is 0 Å². The fraction of sp³-hybridized carbons (Fsp3) is 0.125. The fourth-order valence-corrected chi connectivity index (χ4v) is 1.01. The first kappa shape index (κ1) is 9.26. The summed E-state index contributed by atoms with van der Waals surface area (Å²) in [4.78, 5) is 0. The number of halogens is 2. The average molecular weight is 183 g/mol. The zero-order chi connectivity index (χ0) is 10.0. The standard InChI is InChI=1S/C8H7F2N3/c9-8(10)5-1-4(12)2-7(13)6(5)3-11/h1-2,8H,12-13H2. The highest BCUT2D eigenvalue weighted by atomic mass is 19.3. The quantitative estimate of drug-likeness (QED) is 0.650. The Morgan fingerprint density at radius 2 is 1.92 bits per heavy atom. The van der Waals surface area contributed by atoms with E-state index >= 15 is 0 Å². The molecule has 0 bridgehead atoms. The van der Waals surface area contributed by atoms with Gasteiger partial charge in [0.05, 0.1) is 11.3 Å². The predicted molar refractivity (Wildman–Crippen MR) is 44.9 cm³/mol. The van der Waals surface area contributed by atoms with E-state index < -0.39 is 12.0 Å². The minimum atomic E-state index is -2.74. The van der Waals surface area contributed by atoms with Crippen molar-refractivity contribution in [3.05, 3.63) is 23.3 Å². The molecule has 13 heavy (non-hydrogen) atoms. The van der Waals surface area contributed by atoms with Crippen LogP contribution in [0, 0.1) is 11.3 Å². The maximum absolute atomic E-state index is 12.3. The summed E-state index contributed by atoms with van der Waals surface area (Å²) in [7, 11) is 0. The first-order valence-corrected chi connectivity index (χ1v) is 3.43. The Hall–Kier alpha value is -1.83. The number of benzene rings is 1. The highest BCUT2D eigenvalue weighted by Gasteiger charge is 2.15. The van der Waals surface area contributed by atoms with Crippen LogP contribution >= 0.6 is 0 Å². The van der Waals surface area contributed by atoms with Gasteiger partial charge in [0.15, 0.2) is 0 Å². The minimum absolute atomic E-state index is 0.0159. The smallest absolute Gasteiger partial charge is 0.265 e. The van der Waals surface area contributed by atoms with E-state index in [1.54, 1.807) is 6.07 Å². The maximum Gasteiger partial charge on any atom is 0.265 e. The summed E-state index contributed by atoms with van der Waals surface area (Å²) in [5.74, 6) is 0. The first-order valence-electron chi connectivity index (χ1n) is 3.43. The van der Waals surface area contributed by atoms with Crippen molar-refractivity contribution in [1.29, 1.82) is 5.26 Å². The van der Waals surface area contributed by atoms with E-state index in [1.165, 1.54) is 6.07 Å². The van der Waals surface area contributed by atoms with E-state index in [0.29, 0.717) is 0 Å². The first-order chi connectivity index (χ1) is 6.06. The molecular weight excluding hydrogens is 176 g/mol. The second-order valence-corrected chi connectivity index (χ2v) is 2.49. The van der Waals surface area contributed by atoms with Crippen molar-refractivity contribution in [1.82, 2.24) is 0 Å². The summed E-state index contributed by atoms with van der Waals surface area (Å²) in [6.07, 6.45) is -2.74. The summed E-state index contributed by atoms with van der Waals surface area (Å²) in [6.45, 7) is 0. The number of nitrogen functional groups attached to an aromatic ring is 2. The summed E-state index contributed by atoms with van der Waals surface area (Å²) < 4.78 is 24.6. The molecule has 1 rings (SSSR count). The van der Waals surface area contributed by atoms with Gasteiger partial charge in [-0.25, -0.2) is 8.78 Å². The Morgan fingerprint density at radius 3 is 2.38 bits per heavy atom. The van der Waals surface area contributed by atoms with Crippen molar-refractivity contribution in [3.63, 3.8) is 0 Å². The molecule has 0 fully saturated rings. The maximum atomic E-state index is 12.3. The largest absolute Gasteiger partial charge is 0.399 e. The summed E-state index contributed by atoms with van der Waals surface area (Å²) in [5.41, 5.74) is 10.1. The molecule has 0 atom stereocenters. The number of nitriles is 1. The van der Waals surface area contributed by atoms with Crippen molar-refractivity contribution in [2.75, 3.05) is 11.5 Å². The van der Waals surface area contributed by atoms with Crippen molar-refractivity contribution in [3.8, 4) is 6.07 Å². The lowest BCUT2D eigenvalue weighted by molar-refractivity contribution is 0.151. The van der Waals surface area contributed by atoms with E-state index in [4.69, 9.17) is 16.7 Å². The minimum Gasteiger partial charge on any atom is -0.399 e. The number of hydrogen-bond acceptors (Lipinski definition) is 3. The third-order valence-electron chi connectivity index (χ3n) is 1.57. The average Bonchev–Trinajstić information content (AvgIpc) is 2.02. The molecule has 0 aliphatic heterocycles. The van der Waals surface area contributed by atoms with Crippen LogP contribution in [-0.2, 0) is 0 Å². The van der Waals surface area contributed by atoms with Gasteiger partial charge in [-0.1, -0.05) is 0 Å². The monoisotopic (exact) mass is 183 g/mol. The van der Waals surface area contributed by atoms with E-state index in [1.807, 2.05) is 0 Å². The lowest BCUT2D eigenvalue weighted by Gasteiger charge is -2.06. The van der Waals surface area contributed by atoms with Crippen LogP contribution in [0.3, 0.4) is 0 Å². The van der Waals surface area contributed by atoms with Gasteiger partial charge >= 0.3 is 0 Å². The summed E-state index contributed by atoms with van der Waals surface area (Å²) >= 11 is 0.